The Morgan fingerprint density at radius 1 is 1.53 bits per heavy atom. The van der Waals surface area contributed by atoms with Gasteiger partial charge in [0, 0.05) is 31.7 Å². The van der Waals surface area contributed by atoms with Gasteiger partial charge in [0.2, 0.25) is 5.82 Å². The van der Waals surface area contributed by atoms with Gasteiger partial charge >= 0.3 is 5.69 Å². The molecule has 6 heteroatoms. The van der Waals surface area contributed by atoms with Crippen LogP contribution in [0.4, 0.5) is 10.1 Å². The second kappa shape index (κ2) is 6.08. The van der Waals surface area contributed by atoms with E-state index in [1.807, 2.05) is 0 Å². The summed E-state index contributed by atoms with van der Waals surface area (Å²) in [5, 5.41) is 13.7. The number of rotatable bonds is 7. The third-order valence-corrected chi connectivity index (χ3v) is 3.35. The van der Waals surface area contributed by atoms with Gasteiger partial charge in [0.25, 0.3) is 0 Å². The van der Waals surface area contributed by atoms with Crippen molar-refractivity contribution < 1.29 is 9.31 Å². The predicted octanol–water partition coefficient (Wildman–Crippen LogP) is 1.92. The minimum absolute atomic E-state index is 0.475. The number of nitro groups is 1. The first-order valence-electron chi connectivity index (χ1n) is 6.41. The smallest absolute Gasteiger partial charge is 0.304 e. The van der Waals surface area contributed by atoms with Crippen LogP contribution in [-0.2, 0) is 6.54 Å². The number of hydrogen-bond acceptors (Lipinski definition) is 4. The lowest BCUT2D eigenvalue weighted by Crippen LogP contribution is -2.30. The number of nitro benzene ring substituents is 1. The molecule has 0 saturated heterocycles. The fourth-order valence-electron chi connectivity index (χ4n) is 1.99. The molecule has 0 spiro atoms. The van der Waals surface area contributed by atoms with Gasteiger partial charge in [0.15, 0.2) is 0 Å². The first kappa shape index (κ1) is 13.9. The average Bonchev–Trinajstić information content (AvgIpc) is 3.18. The van der Waals surface area contributed by atoms with Crippen LogP contribution in [0.25, 0.3) is 0 Å². The van der Waals surface area contributed by atoms with Gasteiger partial charge in [-0.25, -0.2) is 0 Å². The molecule has 0 atom stereocenters. The van der Waals surface area contributed by atoms with Crippen molar-refractivity contribution >= 4 is 5.69 Å². The summed E-state index contributed by atoms with van der Waals surface area (Å²) in [6, 6.07) is 4.75. The maximum Gasteiger partial charge on any atom is 0.304 e. The monoisotopic (exact) mass is 267 g/mol. The van der Waals surface area contributed by atoms with Crippen molar-refractivity contribution in [1.29, 1.82) is 0 Å². The van der Waals surface area contributed by atoms with E-state index in [1.165, 1.54) is 25.0 Å². The molecular formula is C13H18FN3O2. The van der Waals surface area contributed by atoms with Crippen molar-refractivity contribution in [2.75, 3.05) is 20.1 Å². The minimum Gasteiger partial charge on any atom is -0.311 e. The van der Waals surface area contributed by atoms with Gasteiger partial charge in [0.1, 0.15) is 0 Å². The van der Waals surface area contributed by atoms with Crippen molar-refractivity contribution in [3.8, 4) is 0 Å². The Bertz CT molecular complexity index is 463. The standard InChI is InChI=1S/C13H18FN3O2/c1-16(11-3-4-11)7-6-15-9-10-2-5-13(17(18)19)12(14)8-10/h2,5,8,11,15H,3-4,6-7,9H2,1H3. The van der Waals surface area contributed by atoms with E-state index in [-0.39, 0.29) is 0 Å². The summed E-state index contributed by atoms with van der Waals surface area (Å²) in [4.78, 5) is 12.1. The Hall–Kier alpha value is -1.53. The Kier molecular flexibility index (Phi) is 4.44. The maximum absolute atomic E-state index is 13.4. The molecule has 1 aromatic carbocycles. The summed E-state index contributed by atoms with van der Waals surface area (Å²) in [6.45, 7) is 2.30. The molecule has 1 N–H and O–H groups in total. The molecule has 0 aliphatic heterocycles. The molecule has 0 unspecified atom stereocenters. The highest BCUT2D eigenvalue weighted by Crippen LogP contribution is 2.24. The average molecular weight is 267 g/mol. The Labute approximate surface area is 111 Å². The highest BCUT2D eigenvalue weighted by Gasteiger charge is 2.25. The fraction of sp³-hybridized carbons (Fsp3) is 0.538. The third kappa shape index (κ3) is 3.97. The second-order valence-electron chi connectivity index (χ2n) is 4.93. The summed E-state index contributed by atoms with van der Waals surface area (Å²) in [5.74, 6) is -0.778. The van der Waals surface area contributed by atoms with E-state index in [2.05, 4.69) is 17.3 Å². The second-order valence-corrected chi connectivity index (χ2v) is 4.93. The molecule has 19 heavy (non-hydrogen) atoms. The molecule has 0 aromatic heterocycles. The van der Waals surface area contributed by atoms with Crippen molar-refractivity contribution in [3.05, 3.63) is 39.7 Å². The zero-order chi connectivity index (χ0) is 13.8. The lowest BCUT2D eigenvalue weighted by Gasteiger charge is -2.15. The first-order valence-corrected chi connectivity index (χ1v) is 6.41. The predicted molar refractivity (Wildman–Crippen MR) is 70.4 cm³/mol. The molecule has 1 aliphatic carbocycles. The summed E-state index contributed by atoms with van der Waals surface area (Å²) in [5.41, 5.74) is 0.245. The van der Waals surface area contributed by atoms with E-state index in [0.29, 0.717) is 6.54 Å². The van der Waals surface area contributed by atoms with Gasteiger partial charge in [-0.15, -0.1) is 0 Å². The van der Waals surface area contributed by atoms with E-state index in [0.717, 1.165) is 24.7 Å². The van der Waals surface area contributed by atoms with Crippen LogP contribution in [0, 0.1) is 15.9 Å². The molecule has 1 aliphatic rings. The molecular weight excluding hydrogens is 249 g/mol. The Balaban J connectivity index is 1.76. The minimum atomic E-state index is -0.778. The van der Waals surface area contributed by atoms with Crippen LogP contribution >= 0.6 is 0 Å². The zero-order valence-corrected chi connectivity index (χ0v) is 10.9. The van der Waals surface area contributed by atoms with Crippen molar-refractivity contribution in [2.45, 2.75) is 25.4 Å². The topological polar surface area (TPSA) is 58.4 Å². The van der Waals surface area contributed by atoms with E-state index in [4.69, 9.17) is 0 Å². The van der Waals surface area contributed by atoms with Gasteiger partial charge in [-0.3, -0.25) is 10.1 Å². The van der Waals surface area contributed by atoms with Crippen LogP contribution in [0.5, 0.6) is 0 Å². The van der Waals surface area contributed by atoms with Crippen LogP contribution in [0.15, 0.2) is 18.2 Å². The highest BCUT2D eigenvalue weighted by atomic mass is 19.1. The number of nitrogens with one attached hydrogen (secondary N) is 1. The lowest BCUT2D eigenvalue weighted by molar-refractivity contribution is -0.387. The molecule has 0 bridgehead atoms. The van der Waals surface area contributed by atoms with Crippen molar-refractivity contribution in [3.63, 3.8) is 0 Å². The van der Waals surface area contributed by atoms with E-state index in [1.54, 1.807) is 6.07 Å². The molecule has 0 amide bonds. The number of halogens is 1. The SMILES string of the molecule is CN(CCNCc1ccc([N+](=O)[O-])c(F)c1)C1CC1. The van der Waals surface area contributed by atoms with E-state index >= 15 is 0 Å². The highest BCUT2D eigenvalue weighted by molar-refractivity contribution is 5.34. The lowest BCUT2D eigenvalue weighted by atomic mass is 10.2. The molecule has 0 heterocycles. The van der Waals surface area contributed by atoms with Crippen LogP contribution in [0.3, 0.4) is 0 Å². The normalized spacial score (nSPS) is 14.9. The summed E-state index contributed by atoms with van der Waals surface area (Å²) >= 11 is 0. The van der Waals surface area contributed by atoms with Crippen LogP contribution in [-0.4, -0.2) is 36.0 Å². The zero-order valence-electron chi connectivity index (χ0n) is 10.9. The van der Waals surface area contributed by atoms with Crippen molar-refractivity contribution in [2.24, 2.45) is 0 Å². The molecule has 5 nitrogen and oxygen atoms in total. The number of likely N-dealkylation sites (N-methyl/N-ethyl adjacent to an activating group) is 1. The number of nitrogens with zero attached hydrogens (tertiary/aromatic N) is 2. The van der Waals surface area contributed by atoms with Gasteiger partial charge in [-0.05, 0) is 31.5 Å². The van der Waals surface area contributed by atoms with Gasteiger partial charge in [-0.1, -0.05) is 6.07 Å². The third-order valence-electron chi connectivity index (χ3n) is 3.35. The number of hydrogen-bond donors (Lipinski definition) is 1. The molecule has 0 radical (unpaired) electrons. The molecule has 104 valence electrons. The van der Waals surface area contributed by atoms with Gasteiger partial charge in [0.05, 0.1) is 4.92 Å². The Morgan fingerprint density at radius 2 is 2.26 bits per heavy atom. The maximum atomic E-state index is 13.4. The van der Waals surface area contributed by atoms with Crippen LogP contribution < -0.4 is 5.32 Å². The van der Waals surface area contributed by atoms with Crippen molar-refractivity contribution in [1.82, 2.24) is 10.2 Å². The first-order chi connectivity index (χ1) is 9.08. The molecule has 1 aromatic rings. The summed E-state index contributed by atoms with van der Waals surface area (Å²) in [6.07, 6.45) is 2.56. The molecule has 1 fully saturated rings. The van der Waals surface area contributed by atoms with Gasteiger partial charge < -0.3 is 10.2 Å². The fourth-order valence-corrected chi connectivity index (χ4v) is 1.99. The summed E-state index contributed by atoms with van der Waals surface area (Å²) < 4.78 is 13.4. The molecule has 2 rings (SSSR count). The van der Waals surface area contributed by atoms with Crippen LogP contribution in [0.1, 0.15) is 18.4 Å². The quantitative estimate of drug-likeness (QED) is 0.466. The number of benzene rings is 1. The van der Waals surface area contributed by atoms with E-state index in [9.17, 15) is 14.5 Å². The van der Waals surface area contributed by atoms with Gasteiger partial charge in [-0.2, -0.15) is 4.39 Å². The van der Waals surface area contributed by atoms with E-state index < -0.39 is 16.4 Å². The Morgan fingerprint density at radius 3 is 2.84 bits per heavy atom. The van der Waals surface area contributed by atoms with Crippen LogP contribution in [0.2, 0.25) is 0 Å². The largest absolute Gasteiger partial charge is 0.311 e. The summed E-state index contributed by atoms with van der Waals surface area (Å²) in [7, 11) is 2.10. The molecule has 1 saturated carbocycles.